The minimum atomic E-state index is -0.464. The molecular formula is C19H16F2O. The highest BCUT2D eigenvalue weighted by Crippen LogP contribution is 2.44. The average Bonchev–Trinajstić information content (AvgIpc) is 2.51. The normalized spacial score (nSPS) is 21.7. The molecule has 112 valence electrons. The fraction of sp³-hybridized carbons (Fsp3) is 0.158. The van der Waals surface area contributed by atoms with Gasteiger partial charge in [-0.1, -0.05) is 30.4 Å². The third kappa shape index (κ3) is 2.33. The molecule has 0 amide bonds. The second-order valence-corrected chi connectivity index (χ2v) is 5.54. The Balaban J connectivity index is 2.19. The van der Waals surface area contributed by atoms with Crippen LogP contribution in [0, 0.1) is 11.6 Å². The highest BCUT2D eigenvalue weighted by atomic mass is 19.1. The largest absolute Gasteiger partial charge is 0.504 e. The summed E-state index contributed by atoms with van der Waals surface area (Å²) < 4.78 is 31.9. The van der Waals surface area contributed by atoms with Crippen molar-refractivity contribution < 1.29 is 13.5 Å². The zero-order valence-corrected chi connectivity index (χ0v) is 12.4. The van der Waals surface area contributed by atoms with Gasteiger partial charge in [-0.25, -0.2) is 8.78 Å². The maximum absolute atomic E-state index is 13.4. The van der Waals surface area contributed by atoms with Crippen LogP contribution in [0.15, 0.2) is 54.8 Å². The molecule has 22 heavy (non-hydrogen) atoms. The van der Waals surface area contributed by atoms with E-state index in [0.717, 1.165) is 22.3 Å². The van der Waals surface area contributed by atoms with Crippen LogP contribution in [0.25, 0.3) is 11.6 Å². The summed E-state index contributed by atoms with van der Waals surface area (Å²) in [7, 11) is 1.58. The molecule has 0 bridgehead atoms. The van der Waals surface area contributed by atoms with Crippen LogP contribution in [-0.2, 0) is 10.2 Å². The number of allylic oxidation sites excluding steroid dienone is 2. The molecule has 0 spiro atoms. The molecule has 1 aliphatic rings. The van der Waals surface area contributed by atoms with Crippen molar-refractivity contribution in [1.29, 1.82) is 0 Å². The van der Waals surface area contributed by atoms with E-state index in [9.17, 15) is 8.78 Å². The summed E-state index contributed by atoms with van der Waals surface area (Å²) in [4.78, 5) is 0. The van der Waals surface area contributed by atoms with Crippen LogP contribution in [0.5, 0.6) is 0 Å². The Bertz CT molecular complexity index is 760. The second-order valence-electron chi connectivity index (χ2n) is 5.54. The molecule has 1 nitrogen and oxygen atoms in total. The minimum Gasteiger partial charge on any atom is -0.504 e. The van der Waals surface area contributed by atoms with Gasteiger partial charge in [0.25, 0.3) is 0 Å². The number of benzene rings is 2. The second kappa shape index (κ2) is 5.41. The standard InChI is InChI=1S/C19H16F2O/c1-19(14-3-5-15(20)6-4-14)10-9-13-11-16(21)7-8-17(13)18(19)12-22-2/h3-12H,1-2H3. The molecule has 3 rings (SSSR count). The summed E-state index contributed by atoms with van der Waals surface area (Å²) in [5.41, 5.74) is 3.12. The van der Waals surface area contributed by atoms with E-state index in [-0.39, 0.29) is 11.6 Å². The summed E-state index contributed by atoms with van der Waals surface area (Å²) >= 11 is 0. The smallest absolute Gasteiger partial charge is 0.123 e. The maximum atomic E-state index is 13.4. The van der Waals surface area contributed by atoms with Crippen LogP contribution >= 0.6 is 0 Å². The fourth-order valence-corrected chi connectivity index (χ4v) is 2.89. The minimum absolute atomic E-state index is 0.271. The Morgan fingerprint density at radius 1 is 1.00 bits per heavy atom. The summed E-state index contributed by atoms with van der Waals surface area (Å²) in [5.74, 6) is -0.544. The predicted octanol–water partition coefficient (Wildman–Crippen LogP) is 4.94. The molecule has 0 saturated heterocycles. The van der Waals surface area contributed by atoms with Crippen LogP contribution in [0.3, 0.4) is 0 Å². The van der Waals surface area contributed by atoms with Crippen LogP contribution in [-0.4, -0.2) is 7.11 Å². The van der Waals surface area contributed by atoms with Crippen molar-refractivity contribution in [1.82, 2.24) is 0 Å². The van der Waals surface area contributed by atoms with Crippen molar-refractivity contribution in [2.24, 2.45) is 0 Å². The quantitative estimate of drug-likeness (QED) is 0.714. The highest BCUT2D eigenvalue weighted by molar-refractivity contribution is 5.86. The molecule has 2 aromatic rings. The zero-order valence-electron chi connectivity index (χ0n) is 12.4. The van der Waals surface area contributed by atoms with E-state index in [0.29, 0.717) is 0 Å². The molecule has 0 N–H and O–H groups in total. The van der Waals surface area contributed by atoms with E-state index in [1.54, 1.807) is 31.6 Å². The third-order valence-electron chi connectivity index (χ3n) is 4.14. The molecule has 0 aliphatic heterocycles. The lowest BCUT2D eigenvalue weighted by Crippen LogP contribution is -2.24. The van der Waals surface area contributed by atoms with Gasteiger partial charge < -0.3 is 4.74 Å². The summed E-state index contributed by atoms with van der Waals surface area (Å²) in [6, 6.07) is 11.1. The van der Waals surface area contributed by atoms with E-state index in [4.69, 9.17) is 4.74 Å². The van der Waals surface area contributed by atoms with Gasteiger partial charge in [-0.3, -0.25) is 0 Å². The van der Waals surface area contributed by atoms with Gasteiger partial charge in [0.1, 0.15) is 11.6 Å². The summed E-state index contributed by atoms with van der Waals surface area (Å²) in [6.45, 7) is 2.04. The van der Waals surface area contributed by atoms with Crippen LogP contribution < -0.4 is 0 Å². The number of methoxy groups -OCH3 is 1. The molecule has 2 aromatic carbocycles. The van der Waals surface area contributed by atoms with Gasteiger partial charge in [0.15, 0.2) is 0 Å². The highest BCUT2D eigenvalue weighted by Gasteiger charge is 2.33. The fourth-order valence-electron chi connectivity index (χ4n) is 2.89. The Morgan fingerprint density at radius 2 is 1.68 bits per heavy atom. The number of halogens is 2. The first-order valence-electron chi connectivity index (χ1n) is 7.03. The SMILES string of the molecule is COC=C1c2ccc(F)cc2C=CC1(C)c1ccc(F)cc1. The molecule has 0 fully saturated rings. The number of rotatable bonds is 2. The molecule has 0 saturated carbocycles. The lowest BCUT2D eigenvalue weighted by molar-refractivity contribution is 0.337. The molecule has 1 aliphatic carbocycles. The van der Waals surface area contributed by atoms with Crippen LogP contribution in [0.1, 0.15) is 23.6 Å². The van der Waals surface area contributed by atoms with E-state index in [1.165, 1.54) is 24.3 Å². The van der Waals surface area contributed by atoms with Gasteiger partial charge in [0.05, 0.1) is 13.4 Å². The van der Waals surface area contributed by atoms with Gasteiger partial charge in [-0.05, 0) is 47.9 Å². The Morgan fingerprint density at radius 3 is 2.36 bits per heavy atom. The first-order chi connectivity index (χ1) is 10.5. The molecule has 1 unspecified atom stereocenters. The summed E-state index contributed by atoms with van der Waals surface area (Å²) in [5, 5.41) is 0. The first-order valence-corrected chi connectivity index (χ1v) is 7.03. The molecule has 0 heterocycles. The Labute approximate surface area is 128 Å². The Kier molecular flexibility index (Phi) is 3.57. The number of ether oxygens (including phenoxy) is 1. The van der Waals surface area contributed by atoms with E-state index >= 15 is 0 Å². The third-order valence-corrected chi connectivity index (χ3v) is 4.14. The Hall–Kier alpha value is -2.42. The summed E-state index contributed by atoms with van der Waals surface area (Å²) in [6.07, 6.45) is 5.56. The first kappa shape index (κ1) is 14.5. The lowest BCUT2D eigenvalue weighted by Gasteiger charge is -2.34. The van der Waals surface area contributed by atoms with Gasteiger partial charge in [-0.2, -0.15) is 0 Å². The molecule has 1 atom stereocenters. The van der Waals surface area contributed by atoms with E-state index in [2.05, 4.69) is 0 Å². The van der Waals surface area contributed by atoms with Gasteiger partial charge in [-0.15, -0.1) is 0 Å². The topological polar surface area (TPSA) is 9.23 Å². The van der Waals surface area contributed by atoms with Crippen LogP contribution in [0.2, 0.25) is 0 Å². The lowest BCUT2D eigenvalue weighted by atomic mass is 9.69. The van der Waals surface area contributed by atoms with Gasteiger partial charge >= 0.3 is 0 Å². The average molecular weight is 298 g/mol. The van der Waals surface area contributed by atoms with Crippen molar-refractivity contribution >= 4 is 11.6 Å². The monoisotopic (exact) mass is 298 g/mol. The number of hydrogen-bond acceptors (Lipinski definition) is 1. The molecular weight excluding hydrogens is 282 g/mol. The van der Waals surface area contributed by atoms with Crippen molar-refractivity contribution in [3.63, 3.8) is 0 Å². The van der Waals surface area contributed by atoms with Gasteiger partial charge in [0, 0.05) is 11.0 Å². The van der Waals surface area contributed by atoms with E-state index in [1.807, 2.05) is 19.1 Å². The van der Waals surface area contributed by atoms with Crippen molar-refractivity contribution in [2.75, 3.05) is 7.11 Å². The molecule has 0 radical (unpaired) electrons. The van der Waals surface area contributed by atoms with E-state index < -0.39 is 5.41 Å². The number of fused-ring (bicyclic) bond motifs is 1. The van der Waals surface area contributed by atoms with Crippen molar-refractivity contribution in [2.45, 2.75) is 12.3 Å². The van der Waals surface area contributed by atoms with Crippen LogP contribution in [0.4, 0.5) is 8.78 Å². The van der Waals surface area contributed by atoms with Gasteiger partial charge in [0.2, 0.25) is 0 Å². The number of hydrogen-bond donors (Lipinski definition) is 0. The predicted molar refractivity (Wildman–Crippen MR) is 84.2 cm³/mol. The molecule has 3 heteroatoms. The van der Waals surface area contributed by atoms with Crippen molar-refractivity contribution in [3.8, 4) is 0 Å². The zero-order chi connectivity index (χ0) is 15.7. The maximum Gasteiger partial charge on any atom is 0.123 e. The molecule has 0 aromatic heterocycles. The van der Waals surface area contributed by atoms with Crippen molar-refractivity contribution in [3.05, 3.63) is 83.1 Å².